The molecule has 3 rings (SSSR count). The maximum atomic E-state index is 11.3. The van der Waals surface area contributed by atoms with E-state index in [1.165, 1.54) is 11.1 Å². The molecule has 3 aromatic rings. The van der Waals surface area contributed by atoms with Gasteiger partial charge in [0.05, 0.1) is 5.52 Å². The highest BCUT2D eigenvalue weighted by molar-refractivity contribution is 6.30. The molecular formula is C17H14ClNO. The van der Waals surface area contributed by atoms with Crippen LogP contribution in [-0.2, 0) is 0 Å². The molecular weight excluding hydrogens is 270 g/mol. The lowest BCUT2D eigenvalue weighted by Gasteiger charge is -2.09. The van der Waals surface area contributed by atoms with E-state index in [0.717, 1.165) is 22.9 Å². The zero-order chi connectivity index (χ0) is 14.3. The molecule has 3 heteroatoms. The number of benzene rings is 2. The molecule has 1 aromatic heterocycles. The van der Waals surface area contributed by atoms with Crippen LogP contribution in [-0.4, -0.2) is 10.9 Å². The Kier molecular flexibility index (Phi) is 3.11. The van der Waals surface area contributed by atoms with Gasteiger partial charge >= 0.3 is 0 Å². The fourth-order valence-corrected chi connectivity index (χ4v) is 2.64. The van der Waals surface area contributed by atoms with Crippen molar-refractivity contribution in [3.05, 3.63) is 64.3 Å². The van der Waals surface area contributed by atoms with Crippen molar-refractivity contribution in [3.8, 4) is 5.69 Å². The molecule has 0 saturated heterocycles. The zero-order valence-electron chi connectivity index (χ0n) is 11.4. The molecule has 0 bridgehead atoms. The summed E-state index contributed by atoms with van der Waals surface area (Å²) in [7, 11) is 0. The van der Waals surface area contributed by atoms with Crippen LogP contribution < -0.4 is 0 Å². The average Bonchev–Trinajstić information content (AvgIpc) is 2.83. The lowest BCUT2D eigenvalue weighted by Crippen LogP contribution is -1.94. The van der Waals surface area contributed by atoms with Gasteiger partial charge in [-0.05, 0) is 49.2 Å². The van der Waals surface area contributed by atoms with Crippen LogP contribution in [0.15, 0.2) is 42.6 Å². The van der Waals surface area contributed by atoms with Crippen molar-refractivity contribution in [1.82, 2.24) is 4.57 Å². The Bertz CT molecular complexity index is 800. The fraction of sp³-hybridized carbons (Fsp3) is 0.118. The highest BCUT2D eigenvalue weighted by Gasteiger charge is 2.12. The van der Waals surface area contributed by atoms with Gasteiger partial charge in [-0.3, -0.25) is 4.79 Å². The molecule has 0 fully saturated rings. The second-order valence-electron chi connectivity index (χ2n) is 4.95. The molecule has 0 N–H and O–H groups in total. The summed E-state index contributed by atoms with van der Waals surface area (Å²) in [4.78, 5) is 11.3. The largest absolute Gasteiger partial charge is 0.316 e. The number of aldehydes is 1. The molecule has 0 amide bonds. The summed E-state index contributed by atoms with van der Waals surface area (Å²) in [5, 5.41) is 1.69. The van der Waals surface area contributed by atoms with E-state index in [2.05, 4.69) is 24.5 Å². The summed E-state index contributed by atoms with van der Waals surface area (Å²) in [5.41, 5.74) is 5.18. The minimum Gasteiger partial charge on any atom is -0.316 e. The lowest BCUT2D eigenvalue weighted by atomic mass is 10.1. The maximum Gasteiger partial charge on any atom is 0.152 e. The van der Waals surface area contributed by atoms with Crippen LogP contribution in [0.2, 0.25) is 5.02 Å². The standard InChI is InChI=1S/C17H14ClNO/c1-11-3-8-16-13(10-20)9-19(17(16)12(11)2)15-6-4-14(18)5-7-15/h3-10H,1-2H3. The number of halogens is 1. The van der Waals surface area contributed by atoms with Crippen LogP contribution in [0.25, 0.3) is 16.6 Å². The number of hydrogen-bond acceptors (Lipinski definition) is 1. The molecule has 0 unspecified atom stereocenters. The van der Waals surface area contributed by atoms with E-state index < -0.39 is 0 Å². The van der Waals surface area contributed by atoms with Gasteiger partial charge in [0.1, 0.15) is 0 Å². The molecule has 2 aromatic carbocycles. The molecule has 20 heavy (non-hydrogen) atoms. The minimum absolute atomic E-state index is 0.703. The normalized spacial score (nSPS) is 10.9. The van der Waals surface area contributed by atoms with Crippen molar-refractivity contribution in [2.24, 2.45) is 0 Å². The van der Waals surface area contributed by atoms with Crippen LogP contribution in [0.4, 0.5) is 0 Å². The second kappa shape index (κ2) is 4.80. The molecule has 0 saturated carbocycles. The quantitative estimate of drug-likeness (QED) is 0.624. The van der Waals surface area contributed by atoms with Gasteiger partial charge in [-0.25, -0.2) is 0 Å². The number of carbonyl (C=O) groups excluding carboxylic acids is 1. The lowest BCUT2D eigenvalue weighted by molar-refractivity contribution is 0.112. The van der Waals surface area contributed by atoms with Crippen LogP contribution in [0.5, 0.6) is 0 Å². The van der Waals surface area contributed by atoms with E-state index in [-0.39, 0.29) is 0 Å². The maximum absolute atomic E-state index is 11.3. The van der Waals surface area contributed by atoms with Gasteiger partial charge in [0.25, 0.3) is 0 Å². The van der Waals surface area contributed by atoms with Crippen LogP contribution >= 0.6 is 11.6 Å². The van der Waals surface area contributed by atoms with Crippen molar-refractivity contribution in [2.45, 2.75) is 13.8 Å². The Morgan fingerprint density at radius 2 is 1.75 bits per heavy atom. The van der Waals surface area contributed by atoms with Gasteiger partial charge in [0.2, 0.25) is 0 Å². The van der Waals surface area contributed by atoms with Crippen molar-refractivity contribution in [1.29, 1.82) is 0 Å². The first kappa shape index (κ1) is 12.9. The van der Waals surface area contributed by atoms with Crippen molar-refractivity contribution in [2.75, 3.05) is 0 Å². The Morgan fingerprint density at radius 3 is 2.40 bits per heavy atom. The topological polar surface area (TPSA) is 22.0 Å². The number of nitrogens with zero attached hydrogens (tertiary/aromatic N) is 1. The van der Waals surface area contributed by atoms with Crippen molar-refractivity contribution >= 4 is 28.8 Å². The Hall–Kier alpha value is -2.06. The van der Waals surface area contributed by atoms with Crippen LogP contribution in [0.1, 0.15) is 21.5 Å². The molecule has 0 aliphatic carbocycles. The van der Waals surface area contributed by atoms with Gasteiger partial charge in [0, 0.05) is 27.9 Å². The summed E-state index contributed by atoms with van der Waals surface area (Å²) in [5.74, 6) is 0. The van der Waals surface area contributed by atoms with Gasteiger partial charge < -0.3 is 4.57 Å². The van der Waals surface area contributed by atoms with Gasteiger partial charge in [-0.2, -0.15) is 0 Å². The molecule has 0 radical (unpaired) electrons. The molecule has 0 spiro atoms. The van der Waals surface area contributed by atoms with E-state index in [9.17, 15) is 4.79 Å². The van der Waals surface area contributed by atoms with Crippen molar-refractivity contribution < 1.29 is 4.79 Å². The number of aromatic nitrogens is 1. The zero-order valence-corrected chi connectivity index (χ0v) is 12.1. The molecule has 0 aliphatic heterocycles. The van der Waals surface area contributed by atoms with Crippen molar-refractivity contribution in [3.63, 3.8) is 0 Å². The number of rotatable bonds is 2. The number of aryl methyl sites for hydroxylation is 2. The summed E-state index contributed by atoms with van der Waals surface area (Å²) >= 11 is 5.94. The smallest absolute Gasteiger partial charge is 0.152 e. The fourth-order valence-electron chi connectivity index (χ4n) is 2.52. The van der Waals surface area contributed by atoms with E-state index in [0.29, 0.717) is 10.6 Å². The number of carbonyl (C=O) groups is 1. The molecule has 100 valence electrons. The third-order valence-electron chi connectivity index (χ3n) is 3.75. The summed E-state index contributed by atoms with van der Waals surface area (Å²) < 4.78 is 2.05. The van der Waals surface area contributed by atoms with Crippen LogP contribution in [0, 0.1) is 13.8 Å². The molecule has 0 atom stereocenters. The number of fused-ring (bicyclic) bond motifs is 1. The Labute approximate surface area is 122 Å². The molecule has 1 heterocycles. The first-order valence-corrected chi connectivity index (χ1v) is 6.82. The summed E-state index contributed by atoms with van der Waals surface area (Å²) in [6, 6.07) is 11.7. The first-order valence-electron chi connectivity index (χ1n) is 6.44. The van der Waals surface area contributed by atoms with E-state index in [1.54, 1.807) is 0 Å². The Morgan fingerprint density at radius 1 is 1.05 bits per heavy atom. The molecule has 2 nitrogen and oxygen atoms in total. The minimum atomic E-state index is 0.703. The molecule has 0 aliphatic rings. The van der Waals surface area contributed by atoms with E-state index in [1.807, 2.05) is 36.5 Å². The SMILES string of the molecule is Cc1ccc2c(C=O)cn(-c3ccc(Cl)cc3)c2c1C. The predicted molar refractivity (Wildman–Crippen MR) is 83.1 cm³/mol. The monoisotopic (exact) mass is 283 g/mol. The van der Waals surface area contributed by atoms with Gasteiger partial charge in [-0.15, -0.1) is 0 Å². The average molecular weight is 284 g/mol. The van der Waals surface area contributed by atoms with Crippen LogP contribution in [0.3, 0.4) is 0 Å². The highest BCUT2D eigenvalue weighted by Crippen LogP contribution is 2.29. The predicted octanol–water partition coefficient (Wildman–Crippen LogP) is 4.71. The first-order chi connectivity index (χ1) is 9.61. The third kappa shape index (κ3) is 1.93. The third-order valence-corrected chi connectivity index (χ3v) is 4.01. The van der Waals surface area contributed by atoms with Gasteiger partial charge in [-0.1, -0.05) is 23.7 Å². The number of hydrogen-bond donors (Lipinski definition) is 0. The summed E-state index contributed by atoms with van der Waals surface area (Å²) in [6.45, 7) is 4.16. The highest BCUT2D eigenvalue weighted by atomic mass is 35.5. The van der Waals surface area contributed by atoms with Gasteiger partial charge in [0.15, 0.2) is 6.29 Å². The Balaban J connectivity index is 2.38. The van der Waals surface area contributed by atoms with E-state index in [4.69, 9.17) is 11.6 Å². The van der Waals surface area contributed by atoms with E-state index >= 15 is 0 Å². The second-order valence-corrected chi connectivity index (χ2v) is 5.39. The summed E-state index contributed by atoms with van der Waals surface area (Å²) in [6.07, 6.45) is 2.79.